The first-order valence-corrected chi connectivity index (χ1v) is 11.7. The van der Waals surface area contributed by atoms with Crippen molar-refractivity contribution >= 4 is 0 Å². The van der Waals surface area contributed by atoms with Crippen LogP contribution in [0.25, 0.3) is 0 Å². The highest BCUT2D eigenvalue weighted by Crippen LogP contribution is 2.38. The topological polar surface area (TPSA) is 20.2 Å². The molecule has 2 rings (SSSR count). The lowest BCUT2D eigenvalue weighted by molar-refractivity contribution is 0.285. The Labute approximate surface area is 168 Å². The zero-order valence-corrected chi connectivity index (χ0v) is 17.6. The summed E-state index contributed by atoms with van der Waals surface area (Å²) in [6, 6.07) is 11.2. The summed E-state index contributed by atoms with van der Waals surface area (Å²) in [6.07, 6.45) is 21.8. The molecule has 0 amide bonds. The molecule has 1 fully saturated rings. The van der Waals surface area contributed by atoms with Gasteiger partial charge >= 0.3 is 0 Å². The quantitative estimate of drug-likeness (QED) is 0.263. The van der Waals surface area contributed by atoms with Crippen molar-refractivity contribution in [3.8, 4) is 0 Å². The maximum atomic E-state index is 8.84. The van der Waals surface area contributed by atoms with Crippen LogP contribution < -0.4 is 0 Å². The van der Waals surface area contributed by atoms with Gasteiger partial charge in [0.25, 0.3) is 0 Å². The Morgan fingerprint density at radius 3 is 2.56 bits per heavy atom. The Morgan fingerprint density at radius 1 is 0.963 bits per heavy atom. The fraction of sp³-hybridized carbons (Fsp3) is 0.692. The molecule has 1 aliphatic carbocycles. The first-order chi connectivity index (χ1) is 13.3. The van der Waals surface area contributed by atoms with Gasteiger partial charge in [0, 0.05) is 6.61 Å². The average molecular weight is 371 g/mol. The number of allylic oxidation sites excluding steroid dienone is 2. The molecule has 1 saturated carbocycles. The van der Waals surface area contributed by atoms with Crippen LogP contribution in [-0.2, 0) is 0 Å². The lowest BCUT2D eigenvalue weighted by Crippen LogP contribution is -2.07. The minimum Gasteiger partial charge on any atom is -0.396 e. The normalized spacial score (nSPS) is 21.1. The number of hydrogen-bond donors (Lipinski definition) is 1. The molecule has 0 radical (unpaired) electrons. The van der Waals surface area contributed by atoms with Gasteiger partial charge in [0.1, 0.15) is 0 Å². The number of hydrogen-bond acceptors (Lipinski definition) is 1. The molecule has 1 aromatic carbocycles. The molecule has 1 heteroatoms. The third kappa shape index (κ3) is 8.64. The van der Waals surface area contributed by atoms with Crippen LogP contribution in [0.3, 0.4) is 0 Å². The summed E-state index contributed by atoms with van der Waals surface area (Å²) >= 11 is 0. The minimum atomic E-state index is 0.335. The third-order valence-electron chi connectivity index (χ3n) is 6.49. The van der Waals surface area contributed by atoms with Gasteiger partial charge in [0.05, 0.1) is 0 Å². The Balaban J connectivity index is 1.65. The van der Waals surface area contributed by atoms with Gasteiger partial charge in [-0.1, -0.05) is 87.9 Å². The van der Waals surface area contributed by atoms with Gasteiger partial charge in [0.15, 0.2) is 0 Å². The second-order valence-electron chi connectivity index (χ2n) is 8.56. The molecule has 1 N–H and O–H groups in total. The number of unbranched alkanes of at least 4 members (excludes halogenated alkanes) is 3. The van der Waals surface area contributed by atoms with Gasteiger partial charge in [0.2, 0.25) is 0 Å². The molecule has 0 bridgehead atoms. The highest BCUT2D eigenvalue weighted by atomic mass is 16.2. The summed E-state index contributed by atoms with van der Waals surface area (Å²) in [7, 11) is 0. The van der Waals surface area contributed by atoms with Crippen molar-refractivity contribution in [1.29, 1.82) is 0 Å². The lowest BCUT2D eigenvalue weighted by Gasteiger charge is -2.20. The van der Waals surface area contributed by atoms with Crippen molar-refractivity contribution in [1.82, 2.24) is 0 Å². The fourth-order valence-electron chi connectivity index (χ4n) is 4.92. The van der Waals surface area contributed by atoms with E-state index in [2.05, 4.69) is 49.4 Å². The zero-order chi connectivity index (χ0) is 19.2. The van der Waals surface area contributed by atoms with E-state index >= 15 is 0 Å². The molecule has 1 aliphatic rings. The lowest BCUT2D eigenvalue weighted by atomic mass is 9.86. The van der Waals surface area contributed by atoms with Crippen molar-refractivity contribution < 1.29 is 5.11 Å². The summed E-state index contributed by atoms with van der Waals surface area (Å²) in [4.78, 5) is 0. The summed E-state index contributed by atoms with van der Waals surface area (Å²) < 4.78 is 0. The van der Waals surface area contributed by atoms with Gasteiger partial charge in [-0.15, -0.1) is 0 Å². The number of benzene rings is 1. The maximum absolute atomic E-state index is 8.84. The predicted molar refractivity (Wildman–Crippen MR) is 118 cm³/mol. The van der Waals surface area contributed by atoms with E-state index in [-0.39, 0.29) is 0 Å². The van der Waals surface area contributed by atoms with Gasteiger partial charge < -0.3 is 5.11 Å². The summed E-state index contributed by atoms with van der Waals surface area (Å²) in [5, 5.41) is 8.84. The Bertz CT molecular complexity index is 492. The first-order valence-electron chi connectivity index (χ1n) is 11.7. The highest BCUT2D eigenvalue weighted by Gasteiger charge is 2.25. The van der Waals surface area contributed by atoms with Crippen LogP contribution in [0.1, 0.15) is 102 Å². The Kier molecular flexibility index (Phi) is 11.5. The van der Waals surface area contributed by atoms with Crippen molar-refractivity contribution in [2.24, 2.45) is 11.8 Å². The van der Waals surface area contributed by atoms with Crippen molar-refractivity contribution in [2.45, 2.75) is 96.3 Å². The van der Waals surface area contributed by atoms with Gasteiger partial charge in [-0.3, -0.25) is 0 Å². The summed E-state index contributed by atoms with van der Waals surface area (Å²) in [5.41, 5.74) is 1.55. The van der Waals surface area contributed by atoms with E-state index in [1.807, 2.05) is 0 Å². The first kappa shape index (κ1) is 22.2. The zero-order valence-electron chi connectivity index (χ0n) is 17.6. The van der Waals surface area contributed by atoms with Crippen LogP contribution in [0, 0.1) is 11.8 Å². The van der Waals surface area contributed by atoms with Crippen LogP contribution in [0.5, 0.6) is 0 Å². The minimum absolute atomic E-state index is 0.335. The van der Waals surface area contributed by atoms with E-state index in [1.165, 1.54) is 64.2 Å². The average Bonchev–Trinajstić information content (AvgIpc) is 3.15. The van der Waals surface area contributed by atoms with Crippen molar-refractivity contribution in [2.75, 3.05) is 6.61 Å². The molecule has 1 aromatic rings. The standard InChI is InChI=1S/C26H42O/c1-2-14-23(24-16-8-6-9-17-24)18-10-11-19-26-21-13-20-25(26)15-7-4-3-5-12-22-27/h4,6-9,16-17,23,25-27H,2-3,5,10-15,18-22H2,1H3/t23?,25-,26-/m0/s1. The highest BCUT2D eigenvalue weighted by molar-refractivity contribution is 5.19. The van der Waals surface area contributed by atoms with Crippen LogP contribution in [-0.4, -0.2) is 11.7 Å². The van der Waals surface area contributed by atoms with E-state index in [1.54, 1.807) is 5.56 Å². The SMILES string of the molecule is CCCC(CCCC[C@H]1CCC[C@@H]1CC=CCCCCO)c1ccccc1. The van der Waals surface area contributed by atoms with E-state index in [0.717, 1.165) is 37.0 Å². The number of rotatable bonds is 14. The molecule has 27 heavy (non-hydrogen) atoms. The molecule has 152 valence electrons. The second-order valence-corrected chi connectivity index (χ2v) is 8.56. The molecule has 0 saturated heterocycles. The van der Waals surface area contributed by atoms with E-state index in [9.17, 15) is 0 Å². The van der Waals surface area contributed by atoms with E-state index in [0.29, 0.717) is 6.61 Å². The van der Waals surface area contributed by atoms with Crippen LogP contribution >= 0.6 is 0 Å². The second kappa shape index (κ2) is 14.0. The van der Waals surface area contributed by atoms with Gasteiger partial charge in [-0.05, 0) is 68.3 Å². The molecule has 1 unspecified atom stereocenters. The Morgan fingerprint density at radius 2 is 1.78 bits per heavy atom. The van der Waals surface area contributed by atoms with Crippen molar-refractivity contribution in [3.05, 3.63) is 48.0 Å². The molecule has 0 aliphatic heterocycles. The number of aliphatic hydroxyl groups excluding tert-OH is 1. The molecule has 0 heterocycles. The van der Waals surface area contributed by atoms with E-state index in [4.69, 9.17) is 5.11 Å². The summed E-state index contributed by atoms with van der Waals surface area (Å²) in [6.45, 7) is 2.65. The van der Waals surface area contributed by atoms with E-state index < -0.39 is 0 Å². The fourth-order valence-corrected chi connectivity index (χ4v) is 4.92. The van der Waals surface area contributed by atoms with Crippen molar-refractivity contribution in [3.63, 3.8) is 0 Å². The van der Waals surface area contributed by atoms with Crippen LogP contribution in [0.4, 0.5) is 0 Å². The molecular weight excluding hydrogens is 328 g/mol. The maximum Gasteiger partial charge on any atom is 0.0431 e. The molecule has 0 spiro atoms. The van der Waals surface area contributed by atoms with Crippen LogP contribution in [0.2, 0.25) is 0 Å². The third-order valence-corrected chi connectivity index (χ3v) is 6.49. The Hall–Kier alpha value is -1.08. The largest absolute Gasteiger partial charge is 0.396 e. The monoisotopic (exact) mass is 370 g/mol. The molecule has 0 aromatic heterocycles. The predicted octanol–water partition coefficient (Wildman–Crippen LogP) is 7.66. The smallest absolute Gasteiger partial charge is 0.0431 e. The number of aliphatic hydroxyl groups is 1. The molecule has 3 atom stereocenters. The van der Waals surface area contributed by atoms with Gasteiger partial charge in [-0.2, -0.15) is 0 Å². The molecular formula is C26H42O. The van der Waals surface area contributed by atoms with Crippen LogP contribution in [0.15, 0.2) is 42.5 Å². The summed E-state index contributed by atoms with van der Waals surface area (Å²) in [5.74, 6) is 2.66. The van der Waals surface area contributed by atoms with Gasteiger partial charge in [-0.25, -0.2) is 0 Å². The molecule has 1 nitrogen and oxygen atoms in total.